The van der Waals surface area contributed by atoms with E-state index in [9.17, 15) is 14.9 Å². The molecule has 7 heteroatoms. The lowest BCUT2D eigenvalue weighted by molar-refractivity contribution is -0.140. The first kappa shape index (κ1) is 17.1. The minimum absolute atomic E-state index is 0.0130. The van der Waals surface area contributed by atoms with Gasteiger partial charge in [0, 0.05) is 0 Å². The van der Waals surface area contributed by atoms with Crippen LogP contribution >= 0.6 is 0 Å². The third kappa shape index (κ3) is 3.22. The van der Waals surface area contributed by atoms with Crippen molar-refractivity contribution < 1.29 is 23.8 Å². The normalized spacial score (nSPS) is 17.0. The van der Waals surface area contributed by atoms with Gasteiger partial charge in [0.05, 0.1) is 25.7 Å². The van der Waals surface area contributed by atoms with E-state index in [1.54, 1.807) is 30.3 Å². The van der Waals surface area contributed by atoms with E-state index in [0.29, 0.717) is 5.56 Å². The zero-order valence-corrected chi connectivity index (χ0v) is 13.2. The molecule has 1 aromatic rings. The van der Waals surface area contributed by atoms with Crippen LogP contribution in [0.2, 0.25) is 0 Å². The summed E-state index contributed by atoms with van der Waals surface area (Å²) in [6.07, 6.45) is -0.302. The fraction of sp³-hybridized carbons (Fsp3) is 0.235. The second-order valence-electron chi connectivity index (χ2n) is 4.92. The van der Waals surface area contributed by atoms with E-state index in [2.05, 4.69) is 4.74 Å². The average Bonchev–Trinajstić information content (AvgIpc) is 2.61. The van der Waals surface area contributed by atoms with Gasteiger partial charge in [-0.1, -0.05) is 30.3 Å². The maximum absolute atomic E-state index is 12.3. The summed E-state index contributed by atoms with van der Waals surface area (Å²) in [4.78, 5) is 23.9. The molecule has 0 spiro atoms. The second kappa shape index (κ2) is 7.33. The van der Waals surface area contributed by atoms with Crippen LogP contribution in [0.3, 0.4) is 0 Å². The van der Waals surface area contributed by atoms with Gasteiger partial charge < -0.3 is 19.9 Å². The number of esters is 2. The molecular formula is C17H16N2O5. The van der Waals surface area contributed by atoms with Gasteiger partial charge >= 0.3 is 11.9 Å². The van der Waals surface area contributed by atoms with Crippen molar-refractivity contribution in [2.75, 3.05) is 14.2 Å². The third-order valence-corrected chi connectivity index (χ3v) is 3.57. The standard InChI is InChI=1S/C17H16N2O5/c1-22-13(20)8-12-15(17(21)23-2)14(10-6-4-3-5-7-10)11(9-18)16(19)24-12/h3-7,14H,8,19H2,1-2H3. The minimum atomic E-state index is -0.781. The highest BCUT2D eigenvalue weighted by molar-refractivity contribution is 5.93. The van der Waals surface area contributed by atoms with E-state index in [0.717, 1.165) is 0 Å². The molecule has 0 amide bonds. The van der Waals surface area contributed by atoms with Crippen LogP contribution in [-0.2, 0) is 23.8 Å². The Labute approximate surface area is 138 Å². The molecule has 0 fully saturated rings. The van der Waals surface area contributed by atoms with E-state index in [1.165, 1.54) is 14.2 Å². The fourth-order valence-electron chi connectivity index (χ4n) is 2.46. The summed E-state index contributed by atoms with van der Waals surface area (Å²) >= 11 is 0. The van der Waals surface area contributed by atoms with Crippen molar-refractivity contribution in [2.45, 2.75) is 12.3 Å². The summed E-state index contributed by atoms with van der Waals surface area (Å²) in [6, 6.07) is 10.8. The Morgan fingerprint density at radius 3 is 2.46 bits per heavy atom. The number of carbonyl (C=O) groups is 2. The number of ether oxygens (including phenoxy) is 3. The monoisotopic (exact) mass is 328 g/mol. The van der Waals surface area contributed by atoms with Crippen molar-refractivity contribution in [2.24, 2.45) is 5.73 Å². The second-order valence-corrected chi connectivity index (χ2v) is 4.92. The summed E-state index contributed by atoms with van der Waals surface area (Å²) in [7, 11) is 2.43. The lowest BCUT2D eigenvalue weighted by atomic mass is 9.82. The van der Waals surface area contributed by atoms with Gasteiger partial charge in [-0.3, -0.25) is 4.79 Å². The molecule has 1 aliphatic rings. The molecule has 1 aliphatic heterocycles. The fourth-order valence-corrected chi connectivity index (χ4v) is 2.46. The van der Waals surface area contributed by atoms with Crippen molar-refractivity contribution in [3.05, 3.63) is 58.7 Å². The Morgan fingerprint density at radius 2 is 1.92 bits per heavy atom. The summed E-state index contributed by atoms with van der Waals surface area (Å²) in [5.74, 6) is -2.23. The lowest BCUT2D eigenvalue weighted by Gasteiger charge is -2.27. The molecule has 2 N–H and O–H groups in total. The summed E-state index contributed by atoms with van der Waals surface area (Å²) < 4.78 is 14.8. The highest BCUT2D eigenvalue weighted by Crippen LogP contribution is 2.40. The lowest BCUT2D eigenvalue weighted by Crippen LogP contribution is -2.26. The maximum atomic E-state index is 12.3. The van der Waals surface area contributed by atoms with Gasteiger partial charge in [0.2, 0.25) is 5.88 Å². The van der Waals surface area contributed by atoms with Crippen LogP contribution < -0.4 is 5.73 Å². The van der Waals surface area contributed by atoms with E-state index in [4.69, 9.17) is 15.2 Å². The Kier molecular flexibility index (Phi) is 5.22. The van der Waals surface area contributed by atoms with Gasteiger partial charge in [-0.25, -0.2) is 4.79 Å². The molecule has 2 rings (SSSR count). The van der Waals surface area contributed by atoms with Crippen LogP contribution in [0.25, 0.3) is 0 Å². The van der Waals surface area contributed by atoms with Crippen LogP contribution in [-0.4, -0.2) is 26.2 Å². The Hall–Kier alpha value is -3.27. The summed E-state index contributed by atoms with van der Waals surface area (Å²) in [5, 5.41) is 9.45. The van der Waals surface area contributed by atoms with Gasteiger partial charge in [0.15, 0.2) is 0 Å². The molecule has 1 heterocycles. The van der Waals surface area contributed by atoms with Gasteiger partial charge in [0.1, 0.15) is 23.8 Å². The van der Waals surface area contributed by atoms with Crippen LogP contribution in [0.15, 0.2) is 53.1 Å². The summed E-state index contributed by atoms with van der Waals surface area (Å²) in [5.41, 5.74) is 6.62. The number of methoxy groups -OCH3 is 2. The molecule has 24 heavy (non-hydrogen) atoms. The molecule has 7 nitrogen and oxygen atoms in total. The Bertz CT molecular complexity index is 759. The Morgan fingerprint density at radius 1 is 1.25 bits per heavy atom. The highest BCUT2D eigenvalue weighted by atomic mass is 16.5. The number of benzene rings is 1. The number of allylic oxidation sites excluding steroid dienone is 1. The quantitative estimate of drug-likeness (QED) is 0.833. The molecule has 1 aromatic carbocycles. The minimum Gasteiger partial charge on any atom is -0.469 e. The Balaban J connectivity index is 2.65. The molecule has 0 saturated carbocycles. The van der Waals surface area contributed by atoms with Crippen LogP contribution in [0.5, 0.6) is 0 Å². The van der Waals surface area contributed by atoms with Gasteiger partial charge in [0.25, 0.3) is 0 Å². The van der Waals surface area contributed by atoms with E-state index >= 15 is 0 Å². The maximum Gasteiger partial charge on any atom is 0.338 e. The predicted molar refractivity (Wildman–Crippen MR) is 82.8 cm³/mol. The van der Waals surface area contributed by atoms with Crippen molar-refractivity contribution in [1.82, 2.24) is 0 Å². The predicted octanol–water partition coefficient (Wildman–Crippen LogP) is 1.48. The molecule has 0 saturated heterocycles. The zero-order valence-electron chi connectivity index (χ0n) is 13.2. The molecule has 0 bridgehead atoms. The first-order valence-electron chi connectivity index (χ1n) is 7.04. The SMILES string of the molecule is COC(=O)CC1=C(C(=O)OC)C(c2ccccc2)C(C#N)=C(N)O1. The number of hydrogen-bond acceptors (Lipinski definition) is 7. The average molecular weight is 328 g/mol. The molecular weight excluding hydrogens is 312 g/mol. The number of hydrogen-bond donors (Lipinski definition) is 1. The molecule has 1 unspecified atom stereocenters. The molecule has 1 atom stereocenters. The van der Waals surface area contributed by atoms with Crippen LogP contribution in [0, 0.1) is 11.3 Å². The number of nitrogens with two attached hydrogens (primary N) is 1. The highest BCUT2D eigenvalue weighted by Gasteiger charge is 2.38. The third-order valence-electron chi connectivity index (χ3n) is 3.57. The van der Waals surface area contributed by atoms with Crippen molar-refractivity contribution in [1.29, 1.82) is 5.26 Å². The first-order valence-corrected chi connectivity index (χ1v) is 7.04. The van der Waals surface area contributed by atoms with E-state index < -0.39 is 17.9 Å². The number of rotatable bonds is 4. The molecule has 124 valence electrons. The zero-order chi connectivity index (χ0) is 17.7. The largest absolute Gasteiger partial charge is 0.469 e. The van der Waals surface area contributed by atoms with Gasteiger partial charge in [-0.05, 0) is 5.56 Å². The topological polar surface area (TPSA) is 112 Å². The molecule has 0 aliphatic carbocycles. The van der Waals surface area contributed by atoms with Crippen LogP contribution in [0.4, 0.5) is 0 Å². The number of nitriles is 1. The molecule has 0 aromatic heterocycles. The first-order chi connectivity index (χ1) is 11.5. The van der Waals surface area contributed by atoms with Crippen LogP contribution in [0.1, 0.15) is 17.9 Å². The van der Waals surface area contributed by atoms with Gasteiger partial charge in [-0.2, -0.15) is 5.26 Å². The van der Waals surface area contributed by atoms with Crippen molar-refractivity contribution in [3.8, 4) is 6.07 Å². The van der Waals surface area contributed by atoms with Crippen molar-refractivity contribution in [3.63, 3.8) is 0 Å². The van der Waals surface area contributed by atoms with E-state index in [1.807, 2.05) is 6.07 Å². The summed E-state index contributed by atoms with van der Waals surface area (Å²) in [6.45, 7) is 0. The molecule has 0 radical (unpaired) electrons. The van der Waals surface area contributed by atoms with E-state index in [-0.39, 0.29) is 29.2 Å². The van der Waals surface area contributed by atoms with Gasteiger partial charge in [-0.15, -0.1) is 0 Å². The van der Waals surface area contributed by atoms with Crippen molar-refractivity contribution >= 4 is 11.9 Å². The number of nitrogens with zero attached hydrogens (tertiary/aromatic N) is 1. The number of carbonyl (C=O) groups excluding carboxylic acids is 2. The smallest absolute Gasteiger partial charge is 0.338 e.